The molecule has 1 heterocycles. The van der Waals surface area contributed by atoms with Crippen molar-refractivity contribution in [2.75, 3.05) is 0 Å². The minimum Gasteiger partial charge on any atom is -0.364 e. The van der Waals surface area contributed by atoms with Gasteiger partial charge in [0.1, 0.15) is 12.0 Å². The molecular formula is C11H17N3OS. The number of hydrogen-bond acceptors (Lipinski definition) is 3. The summed E-state index contributed by atoms with van der Waals surface area (Å²) in [5.41, 5.74) is 0.868. The van der Waals surface area contributed by atoms with Crippen LogP contribution in [0.5, 0.6) is 0 Å². The lowest BCUT2D eigenvalue weighted by Crippen LogP contribution is -2.42. The first-order valence-electron chi connectivity index (χ1n) is 5.78. The number of nitrogens with one attached hydrogen (secondary N) is 2. The number of nitrogens with zero attached hydrogens (tertiary/aromatic N) is 1. The fourth-order valence-electron chi connectivity index (χ4n) is 1.98. The smallest absolute Gasteiger partial charge is 0.166 e. The van der Waals surface area contributed by atoms with E-state index in [9.17, 15) is 0 Å². The van der Waals surface area contributed by atoms with Gasteiger partial charge in [0.15, 0.2) is 5.11 Å². The molecule has 0 bridgehead atoms. The van der Waals surface area contributed by atoms with Gasteiger partial charge in [-0.15, -0.1) is 0 Å². The van der Waals surface area contributed by atoms with Crippen molar-refractivity contribution >= 4 is 17.3 Å². The van der Waals surface area contributed by atoms with Crippen LogP contribution in [0.15, 0.2) is 16.9 Å². The second kappa shape index (κ2) is 5.84. The number of aromatic nitrogens is 1. The molecule has 0 unspecified atom stereocenters. The molecule has 1 aromatic heterocycles. The van der Waals surface area contributed by atoms with Crippen molar-refractivity contribution in [1.82, 2.24) is 15.8 Å². The first kappa shape index (κ1) is 11.4. The van der Waals surface area contributed by atoms with Crippen LogP contribution in [0.4, 0.5) is 0 Å². The van der Waals surface area contributed by atoms with E-state index in [2.05, 4.69) is 15.8 Å². The Morgan fingerprint density at radius 3 is 2.94 bits per heavy atom. The van der Waals surface area contributed by atoms with Crippen LogP contribution in [0.1, 0.15) is 37.8 Å². The molecule has 4 nitrogen and oxygen atoms in total. The summed E-state index contributed by atoms with van der Waals surface area (Å²) in [7, 11) is 0. The van der Waals surface area contributed by atoms with Gasteiger partial charge in [-0.05, 0) is 25.1 Å². The van der Waals surface area contributed by atoms with Crippen molar-refractivity contribution in [3.05, 3.63) is 18.0 Å². The zero-order chi connectivity index (χ0) is 11.2. The fourth-order valence-corrected chi connectivity index (χ4v) is 2.22. The molecule has 1 aromatic rings. The van der Waals surface area contributed by atoms with Gasteiger partial charge in [-0.3, -0.25) is 0 Å². The normalized spacial score (nSPS) is 17.0. The van der Waals surface area contributed by atoms with Gasteiger partial charge < -0.3 is 15.2 Å². The van der Waals surface area contributed by atoms with Crippen LogP contribution in [0.3, 0.4) is 0 Å². The summed E-state index contributed by atoms with van der Waals surface area (Å²) >= 11 is 5.23. The molecule has 0 radical (unpaired) electrons. The zero-order valence-corrected chi connectivity index (χ0v) is 10.1. The first-order chi connectivity index (χ1) is 7.84. The maximum absolute atomic E-state index is 5.23. The van der Waals surface area contributed by atoms with Crippen LogP contribution < -0.4 is 10.6 Å². The van der Waals surface area contributed by atoms with E-state index in [1.54, 1.807) is 6.26 Å². The van der Waals surface area contributed by atoms with Crippen LogP contribution in [-0.2, 0) is 6.54 Å². The van der Waals surface area contributed by atoms with Crippen molar-refractivity contribution in [2.24, 2.45) is 0 Å². The summed E-state index contributed by atoms with van der Waals surface area (Å²) in [4.78, 5) is 0. The second-order valence-electron chi connectivity index (χ2n) is 4.15. The molecule has 88 valence electrons. The Kier molecular flexibility index (Phi) is 4.16. The predicted molar refractivity (Wildman–Crippen MR) is 65.9 cm³/mol. The van der Waals surface area contributed by atoms with Crippen molar-refractivity contribution in [1.29, 1.82) is 0 Å². The molecule has 1 aliphatic rings. The van der Waals surface area contributed by atoms with Crippen LogP contribution in [0.2, 0.25) is 0 Å². The number of thiocarbonyl (C=S) groups is 1. The van der Waals surface area contributed by atoms with Gasteiger partial charge in [0.25, 0.3) is 0 Å². The molecule has 1 saturated carbocycles. The number of rotatable bonds is 3. The van der Waals surface area contributed by atoms with Gasteiger partial charge in [0, 0.05) is 12.1 Å². The first-order valence-corrected chi connectivity index (χ1v) is 6.19. The van der Waals surface area contributed by atoms with Crippen molar-refractivity contribution < 1.29 is 4.52 Å². The molecule has 2 rings (SSSR count). The lowest BCUT2D eigenvalue weighted by molar-refractivity contribution is 0.407. The minimum atomic E-state index is 0.547. The SMILES string of the molecule is S=C(NCc1ccon1)NC1CCCCC1. The third kappa shape index (κ3) is 3.48. The molecule has 1 aliphatic carbocycles. The van der Waals surface area contributed by atoms with Crippen LogP contribution in [0.25, 0.3) is 0 Å². The van der Waals surface area contributed by atoms with Crippen LogP contribution >= 0.6 is 12.2 Å². The van der Waals surface area contributed by atoms with Gasteiger partial charge >= 0.3 is 0 Å². The maximum atomic E-state index is 5.23. The largest absolute Gasteiger partial charge is 0.364 e. The van der Waals surface area contributed by atoms with E-state index >= 15 is 0 Å². The lowest BCUT2D eigenvalue weighted by atomic mass is 9.96. The highest BCUT2D eigenvalue weighted by molar-refractivity contribution is 7.80. The third-order valence-electron chi connectivity index (χ3n) is 2.86. The van der Waals surface area contributed by atoms with E-state index in [0.29, 0.717) is 12.6 Å². The Morgan fingerprint density at radius 2 is 2.25 bits per heavy atom. The molecule has 0 atom stereocenters. The Bertz CT molecular complexity index is 320. The topological polar surface area (TPSA) is 50.1 Å². The van der Waals surface area contributed by atoms with Crippen molar-refractivity contribution in [3.63, 3.8) is 0 Å². The summed E-state index contributed by atoms with van der Waals surface area (Å²) in [6, 6.07) is 2.38. The highest BCUT2D eigenvalue weighted by atomic mass is 32.1. The third-order valence-corrected chi connectivity index (χ3v) is 3.12. The maximum Gasteiger partial charge on any atom is 0.166 e. The van der Waals surface area contributed by atoms with Crippen LogP contribution in [0, 0.1) is 0 Å². The van der Waals surface area contributed by atoms with Gasteiger partial charge in [-0.2, -0.15) is 0 Å². The van der Waals surface area contributed by atoms with Gasteiger partial charge in [-0.1, -0.05) is 24.4 Å². The molecule has 0 aliphatic heterocycles. The Balaban J connectivity index is 1.67. The van der Waals surface area contributed by atoms with E-state index in [1.807, 2.05) is 6.07 Å². The van der Waals surface area contributed by atoms with Gasteiger partial charge in [0.05, 0.1) is 6.54 Å². The standard InChI is InChI=1S/C11H17N3OS/c16-11(12-8-10-6-7-15-14-10)13-9-4-2-1-3-5-9/h6-7,9H,1-5,8H2,(H2,12,13,16). The van der Waals surface area contributed by atoms with Crippen molar-refractivity contribution in [3.8, 4) is 0 Å². The van der Waals surface area contributed by atoms with Gasteiger partial charge in [-0.25, -0.2) is 0 Å². The second-order valence-corrected chi connectivity index (χ2v) is 4.56. The van der Waals surface area contributed by atoms with E-state index < -0.39 is 0 Å². The predicted octanol–water partition coefficient (Wildman–Crippen LogP) is 1.97. The Labute approximate surface area is 101 Å². The average Bonchev–Trinajstić information content (AvgIpc) is 2.81. The van der Waals surface area contributed by atoms with E-state index in [0.717, 1.165) is 10.8 Å². The van der Waals surface area contributed by atoms with Gasteiger partial charge in [0.2, 0.25) is 0 Å². The highest BCUT2D eigenvalue weighted by Crippen LogP contribution is 2.17. The van der Waals surface area contributed by atoms with Crippen LogP contribution in [-0.4, -0.2) is 16.3 Å². The average molecular weight is 239 g/mol. The Hall–Kier alpha value is -1.10. The molecule has 0 saturated heterocycles. The summed E-state index contributed by atoms with van der Waals surface area (Å²) in [5, 5.41) is 11.0. The highest BCUT2D eigenvalue weighted by Gasteiger charge is 2.13. The quantitative estimate of drug-likeness (QED) is 0.790. The zero-order valence-electron chi connectivity index (χ0n) is 9.24. The van der Waals surface area contributed by atoms with E-state index in [1.165, 1.54) is 32.1 Å². The monoisotopic (exact) mass is 239 g/mol. The summed E-state index contributed by atoms with van der Waals surface area (Å²) in [6.45, 7) is 0.620. The van der Waals surface area contributed by atoms with E-state index in [-0.39, 0.29) is 0 Å². The summed E-state index contributed by atoms with van der Waals surface area (Å²) in [6.07, 6.45) is 8.00. The molecule has 16 heavy (non-hydrogen) atoms. The molecule has 1 fully saturated rings. The Morgan fingerprint density at radius 1 is 1.44 bits per heavy atom. The fraction of sp³-hybridized carbons (Fsp3) is 0.636. The molecular weight excluding hydrogens is 222 g/mol. The summed E-state index contributed by atoms with van der Waals surface area (Å²) < 4.78 is 4.74. The lowest BCUT2D eigenvalue weighted by Gasteiger charge is -2.24. The molecule has 0 spiro atoms. The van der Waals surface area contributed by atoms with Crippen molar-refractivity contribution in [2.45, 2.75) is 44.7 Å². The summed E-state index contributed by atoms with van der Waals surface area (Å²) in [5.74, 6) is 0. The molecule has 2 N–H and O–H groups in total. The molecule has 0 aromatic carbocycles. The molecule has 5 heteroatoms. The van der Waals surface area contributed by atoms with E-state index in [4.69, 9.17) is 16.7 Å². The molecule has 0 amide bonds. The minimum absolute atomic E-state index is 0.547. The number of hydrogen-bond donors (Lipinski definition) is 2.